The van der Waals surface area contributed by atoms with E-state index in [0.29, 0.717) is 0 Å². The fourth-order valence-electron chi connectivity index (χ4n) is 1.14. The van der Waals surface area contributed by atoms with Gasteiger partial charge in [0.05, 0.1) is 0 Å². The highest BCUT2D eigenvalue weighted by Gasteiger charge is 2.15. The predicted molar refractivity (Wildman–Crippen MR) is 42.1 cm³/mol. The highest BCUT2D eigenvalue weighted by atomic mass is 14.9. The van der Waals surface area contributed by atoms with E-state index in [1.165, 1.54) is 5.57 Å². The van der Waals surface area contributed by atoms with Crippen molar-refractivity contribution in [3.63, 3.8) is 0 Å². The maximum Gasteiger partial charge on any atom is 0.327 e. The minimum Gasteiger partial charge on any atom is -0.0798 e. The van der Waals surface area contributed by atoms with Gasteiger partial charge in [-0.15, -0.1) is 0 Å². The van der Waals surface area contributed by atoms with Gasteiger partial charge in [0.15, 0.2) is 5.71 Å². The minimum absolute atomic E-state index is 1.08. The summed E-state index contributed by atoms with van der Waals surface area (Å²) in [5.41, 5.74) is 2.35. The molecule has 1 aliphatic carbocycles. The van der Waals surface area contributed by atoms with E-state index in [9.17, 15) is 0 Å². The molecule has 1 aliphatic heterocycles. The Kier molecular flexibility index (Phi) is 1.24. The summed E-state index contributed by atoms with van der Waals surface area (Å²) in [4.78, 5) is 8.07. The zero-order valence-corrected chi connectivity index (χ0v) is 5.62. The van der Waals surface area contributed by atoms with Gasteiger partial charge in [0.25, 0.3) is 0 Å². The molecule has 49 valence electrons. The van der Waals surface area contributed by atoms with Gasteiger partial charge in [0, 0.05) is 5.57 Å². The zero-order valence-electron chi connectivity index (χ0n) is 5.62. The molecule has 0 aromatic carbocycles. The van der Waals surface area contributed by atoms with Crippen molar-refractivity contribution >= 4 is 12.1 Å². The lowest BCUT2D eigenvalue weighted by Crippen LogP contribution is -2.13. The molecule has 0 saturated carbocycles. The molecule has 0 atom stereocenters. The van der Waals surface area contributed by atoms with Crippen LogP contribution in [0, 0.1) is 0 Å². The van der Waals surface area contributed by atoms with Crippen molar-refractivity contribution in [3.8, 4) is 0 Å². The van der Waals surface area contributed by atoms with Crippen LogP contribution in [0.15, 0.2) is 28.9 Å². The summed E-state index contributed by atoms with van der Waals surface area (Å²) in [6.45, 7) is 0. The van der Waals surface area contributed by atoms with Gasteiger partial charge in [-0.05, 0) is 23.9 Å². The van der Waals surface area contributed by atoms with Crippen molar-refractivity contribution in [2.45, 2.75) is 12.8 Å². The van der Waals surface area contributed by atoms with E-state index in [1.807, 2.05) is 6.20 Å². The Bertz CT molecular complexity index is 256. The molecule has 0 aromatic heterocycles. The third-order valence-electron chi connectivity index (χ3n) is 1.68. The average molecular weight is 132 g/mol. The van der Waals surface area contributed by atoms with Crippen LogP contribution in [0.4, 0.5) is 0 Å². The summed E-state index contributed by atoms with van der Waals surface area (Å²) in [5, 5.41) is 0. The molecule has 0 fully saturated rings. The van der Waals surface area contributed by atoms with Crippen molar-refractivity contribution in [1.82, 2.24) is 4.99 Å². The molecule has 0 bridgehead atoms. The van der Waals surface area contributed by atoms with Gasteiger partial charge < -0.3 is 0 Å². The normalized spacial score (nSPS) is 21.6. The first-order chi connectivity index (χ1) is 4.97. The number of nitrogens with zero attached hydrogens (tertiary/aromatic N) is 2. The van der Waals surface area contributed by atoms with Gasteiger partial charge in [-0.1, -0.05) is 11.1 Å². The Hall–Kier alpha value is -1.18. The molecule has 1 heterocycles. The highest BCUT2D eigenvalue weighted by molar-refractivity contribution is 6.11. The number of aliphatic imine (C=N–C) groups is 2. The number of fused-ring (bicyclic) bond motifs is 1. The molecule has 0 saturated heterocycles. The lowest BCUT2D eigenvalue weighted by atomic mass is 10.00. The van der Waals surface area contributed by atoms with E-state index in [4.69, 9.17) is 0 Å². The third kappa shape index (κ3) is 0.817. The average Bonchev–Trinajstić information content (AvgIpc) is 2.05. The van der Waals surface area contributed by atoms with E-state index in [2.05, 4.69) is 22.1 Å². The first kappa shape index (κ1) is 5.59. The van der Waals surface area contributed by atoms with Gasteiger partial charge >= 0.3 is 6.34 Å². The number of hydrogen-bond donors (Lipinski definition) is 0. The second-order valence-electron chi connectivity index (χ2n) is 2.37. The Morgan fingerprint density at radius 3 is 3.40 bits per heavy atom. The summed E-state index contributed by atoms with van der Waals surface area (Å²) in [6.07, 6.45) is 9.91. The van der Waals surface area contributed by atoms with Crippen molar-refractivity contribution < 1.29 is 0 Å². The van der Waals surface area contributed by atoms with Crippen molar-refractivity contribution in [2.75, 3.05) is 0 Å². The SMILES string of the molecule is C1=CC2=[N+]C=NC=C2CC1. The minimum atomic E-state index is 1.08. The van der Waals surface area contributed by atoms with E-state index < -0.39 is 0 Å². The molecule has 0 N–H and O–H groups in total. The quantitative estimate of drug-likeness (QED) is 0.471. The molecular formula is C8H8N2+. The molecule has 0 unspecified atom stereocenters. The summed E-state index contributed by atoms with van der Waals surface area (Å²) in [7, 11) is 0. The molecule has 0 aromatic rings. The number of hydrogen-bond acceptors (Lipinski definition) is 2. The molecule has 0 amide bonds. The van der Waals surface area contributed by atoms with Crippen LogP contribution in [0.3, 0.4) is 0 Å². The van der Waals surface area contributed by atoms with Crippen LogP contribution < -0.4 is 4.99 Å². The van der Waals surface area contributed by atoms with E-state index >= 15 is 0 Å². The van der Waals surface area contributed by atoms with Gasteiger partial charge in [-0.3, -0.25) is 0 Å². The van der Waals surface area contributed by atoms with Gasteiger partial charge in [0.1, 0.15) is 6.20 Å². The second-order valence-corrected chi connectivity index (χ2v) is 2.37. The lowest BCUT2D eigenvalue weighted by molar-refractivity contribution is 0.994. The fourth-order valence-corrected chi connectivity index (χ4v) is 1.14. The number of rotatable bonds is 0. The Labute approximate surface area is 59.7 Å². The molecule has 2 heteroatoms. The summed E-state index contributed by atoms with van der Waals surface area (Å²) >= 11 is 0. The van der Waals surface area contributed by atoms with Crippen LogP contribution >= 0.6 is 0 Å². The Morgan fingerprint density at radius 1 is 1.50 bits per heavy atom. The molecule has 2 aliphatic rings. The first-order valence-electron chi connectivity index (χ1n) is 3.42. The van der Waals surface area contributed by atoms with E-state index in [1.54, 1.807) is 6.34 Å². The standard InChI is InChI=1S/C8H8N2/c1-2-4-8-7(3-1)5-9-6-10-8/h2,4-6H,1,3H2/q+1. The smallest absolute Gasteiger partial charge is 0.0798 e. The fraction of sp³-hybridized carbons (Fsp3) is 0.250. The Balaban J connectivity index is 2.43. The van der Waals surface area contributed by atoms with Crippen LogP contribution in [-0.4, -0.2) is 12.1 Å². The maximum absolute atomic E-state index is 4.12. The van der Waals surface area contributed by atoms with Crippen LogP contribution in [0.1, 0.15) is 12.8 Å². The van der Waals surface area contributed by atoms with Crippen LogP contribution in [0.25, 0.3) is 0 Å². The third-order valence-corrected chi connectivity index (χ3v) is 1.68. The topological polar surface area (TPSA) is 26.5 Å². The maximum atomic E-state index is 4.12. The van der Waals surface area contributed by atoms with Gasteiger partial charge in [-0.25, -0.2) is 0 Å². The monoisotopic (exact) mass is 132 g/mol. The van der Waals surface area contributed by atoms with Crippen molar-refractivity contribution in [2.24, 2.45) is 4.99 Å². The summed E-state index contributed by atoms with van der Waals surface area (Å²) in [5.74, 6) is 0. The molecule has 2 nitrogen and oxygen atoms in total. The van der Waals surface area contributed by atoms with Gasteiger partial charge in [0.2, 0.25) is 0 Å². The zero-order chi connectivity index (χ0) is 6.81. The molecule has 0 spiro atoms. The summed E-state index contributed by atoms with van der Waals surface area (Å²) in [6, 6.07) is 0. The molecular weight excluding hydrogens is 124 g/mol. The van der Waals surface area contributed by atoms with Crippen LogP contribution in [-0.2, 0) is 0 Å². The predicted octanol–water partition coefficient (Wildman–Crippen LogP) is 1.04. The molecule has 10 heavy (non-hydrogen) atoms. The highest BCUT2D eigenvalue weighted by Crippen LogP contribution is 2.14. The van der Waals surface area contributed by atoms with Crippen LogP contribution in [0.2, 0.25) is 0 Å². The Morgan fingerprint density at radius 2 is 2.50 bits per heavy atom. The lowest BCUT2D eigenvalue weighted by Gasteiger charge is -2.04. The molecule has 2 rings (SSSR count). The first-order valence-corrected chi connectivity index (χ1v) is 3.42. The largest absolute Gasteiger partial charge is 0.327 e. The van der Waals surface area contributed by atoms with Crippen molar-refractivity contribution in [3.05, 3.63) is 23.9 Å². The van der Waals surface area contributed by atoms with Crippen LogP contribution in [0.5, 0.6) is 0 Å². The summed E-state index contributed by atoms with van der Waals surface area (Å²) < 4.78 is 0. The number of allylic oxidation sites excluding steroid dienone is 3. The van der Waals surface area contributed by atoms with Crippen molar-refractivity contribution in [1.29, 1.82) is 0 Å². The second kappa shape index (κ2) is 2.21. The van der Waals surface area contributed by atoms with E-state index in [0.717, 1.165) is 18.6 Å². The molecule has 1 radical (unpaired) electrons. The van der Waals surface area contributed by atoms with Gasteiger partial charge in [-0.2, -0.15) is 0 Å². The van der Waals surface area contributed by atoms with E-state index in [-0.39, 0.29) is 0 Å².